The minimum atomic E-state index is -2.19. The zero-order chi connectivity index (χ0) is 33.7. The van der Waals surface area contributed by atoms with Crippen LogP contribution in [0.5, 0.6) is 0 Å². The molecule has 1 aliphatic rings. The first-order valence-electron chi connectivity index (χ1n) is 15.2. The van der Waals surface area contributed by atoms with Crippen molar-refractivity contribution in [2.75, 3.05) is 11.9 Å². The molecule has 0 aliphatic carbocycles. The Labute approximate surface area is 265 Å². The van der Waals surface area contributed by atoms with Gasteiger partial charge in [0.25, 0.3) is 0 Å². The van der Waals surface area contributed by atoms with Crippen molar-refractivity contribution in [2.45, 2.75) is 117 Å². The number of hydrogen-bond acceptors (Lipinski definition) is 11. The molecule has 1 unspecified atom stereocenters. The molecule has 3 aromatic rings. The van der Waals surface area contributed by atoms with Crippen LogP contribution in [-0.2, 0) is 18.4 Å². The molecule has 15 nitrogen and oxygen atoms in total. The van der Waals surface area contributed by atoms with Crippen LogP contribution in [0.25, 0.3) is 17.0 Å². The summed E-state index contributed by atoms with van der Waals surface area (Å²) < 4.78 is 23.2. The number of imidazole rings is 1. The standard InChI is InChI=1S/C28H47N9O6Si2/c1-17(2)24(38)33-25-31-22-21(23(32-25)36-16-30-26(34-36)37(39)40)29-15-35(22)20-13-18(43-45(11,12)28(6,7)8)19(42-20)14-41-44(9,10)27(3,4)5/h15-20H,13-14H2,1-12H3,(H,31,32,33,38)/t18-,19+,20?/m0/s1. The summed E-state index contributed by atoms with van der Waals surface area (Å²) in [5.41, 5.74) is 0.669. The number of carbonyl (C=O) groups excluding carboxylic acids is 1. The molecule has 1 fully saturated rings. The number of nitro groups is 1. The van der Waals surface area contributed by atoms with Gasteiger partial charge in [0.2, 0.25) is 24.0 Å². The van der Waals surface area contributed by atoms with E-state index in [2.05, 4.69) is 98.1 Å². The van der Waals surface area contributed by atoms with E-state index in [-0.39, 0.29) is 45.9 Å². The highest BCUT2D eigenvalue weighted by atomic mass is 28.4. The van der Waals surface area contributed by atoms with Crippen LogP contribution >= 0.6 is 0 Å². The molecule has 45 heavy (non-hydrogen) atoms. The Bertz CT molecular complexity index is 1560. The summed E-state index contributed by atoms with van der Waals surface area (Å²) in [4.78, 5) is 40.6. The minimum Gasteiger partial charge on any atom is -0.414 e. The number of carbonyl (C=O) groups is 1. The third-order valence-corrected chi connectivity index (χ3v) is 18.2. The third-order valence-electron chi connectivity index (χ3n) is 9.18. The van der Waals surface area contributed by atoms with Crippen molar-refractivity contribution >= 4 is 45.6 Å². The number of hydrogen-bond donors (Lipinski definition) is 1. The number of anilines is 1. The molecule has 0 radical (unpaired) electrons. The molecule has 0 spiro atoms. The first-order valence-corrected chi connectivity index (χ1v) is 21.0. The van der Waals surface area contributed by atoms with Crippen LogP contribution in [0.15, 0.2) is 12.7 Å². The van der Waals surface area contributed by atoms with Gasteiger partial charge >= 0.3 is 5.95 Å². The number of amides is 1. The van der Waals surface area contributed by atoms with Gasteiger partial charge in [-0.15, -0.1) is 4.68 Å². The lowest BCUT2D eigenvalue weighted by Crippen LogP contribution is -2.48. The van der Waals surface area contributed by atoms with Gasteiger partial charge in [0.1, 0.15) is 12.3 Å². The Kier molecular flexibility index (Phi) is 9.45. The molecule has 248 valence electrons. The van der Waals surface area contributed by atoms with Crippen molar-refractivity contribution in [1.29, 1.82) is 0 Å². The number of aromatic nitrogens is 7. The van der Waals surface area contributed by atoms with E-state index in [9.17, 15) is 14.9 Å². The molecule has 3 aromatic heterocycles. The van der Waals surface area contributed by atoms with Gasteiger partial charge in [-0.2, -0.15) is 9.97 Å². The van der Waals surface area contributed by atoms with Gasteiger partial charge < -0.3 is 23.7 Å². The first kappa shape index (κ1) is 34.7. The zero-order valence-electron chi connectivity index (χ0n) is 28.4. The molecule has 17 heteroatoms. The van der Waals surface area contributed by atoms with E-state index < -0.39 is 33.7 Å². The normalized spacial score (nSPS) is 19.9. The highest BCUT2D eigenvalue weighted by Gasteiger charge is 2.47. The Morgan fingerprint density at radius 3 is 2.29 bits per heavy atom. The highest BCUT2D eigenvalue weighted by molar-refractivity contribution is 6.74. The summed E-state index contributed by atoms with van der Waals surface area (Å²) in [5, 5.41) is 18.0. The number of rotatable bonds is 10. The lowest BCUT2D eigenvalue weighted by atomic mass is 10.2. The average Bonchev–Trinajstić information content (AvgIpc) is 3.64. The molecule has 3 atom stereocenters. The maximum Gasteiger partial charge on any atom is 0.491 e. The first-order chi connectivity index (χ1) is 20.6. The molecular weight excluding hydrogens is 615 g/mol. The second kappa shape index (κ2) is 12.2. The van der Waals surface area contributed by atoms with Gasteiger partial charge in [0.15, 0.2) is 27.8 Å². The molecule has 4 heterocycles. The molecule has 0 aromatic carbocycles. The largest absolute Gasteiger partial charge is 0.491 e. The second-order valence-electron chi connectivity index (χ2n) is 14.9. The predicted octanol–water partition coefficient (Wildman–Crippen LogP) is 5.61. The minimum absolute atomic E-state index is 0.000911. The summed E-state index contributed by atoms with van der Waals surface area (Å²) in [5.74, 6) is -1.09. The van der Waals surface area contributed by atoms with Gasteiger partial charge in [0, 0.05) is 17.4 Å². The Balaban J connectivity index is 1.76. The molecule has 1 saturated heterocycles. The maximum absolute atomic E-state index is 12.6. The van der Waals surface area contributed by atoms with Gasteiger partial charge in [-0.05, 0) is 41.2 Å². The predicted molar refractivity (Wildman–Crippen MR) is 174 cm³/mol. The van der Waals surface area contributed by atoms with Crippen LogP contribution in [0.4, 0.5) is 11.9 Å². The summed E-state index contributed by atoms with van der Waals surface area (Å²) in [7, 11) is -4.27. The van der Waals surface area contributed by atoms with Crippen molar-refractivity contribution in [1.82, 2.24) is 34.3 Å². The molecular formula is C28H47N9O6Si2. The Morgan fingerprint density at radius 2 is 1.73 bits per heavy atom. The molecule has 0 bridgehead atoms. The SMILES string of the molecule is CC(C)C(=O)Nc1nc(-n2cnc([N+](=O)[O-])n2)c2ncn(C3C[C@H](O[Si](C)(C)C(C)(C)C)[C@@H](CO[Si](C)(C)C(C)(C)C)O3)c2n1. The van der Waals surface area contributed by atoms with Crippen molar-refractivity contribution in [2.24, 2.45) is 5.92 Å². The average molecular weight is 662 g/mol. The Hall–Kier alpha value is -3.13. The summed E-state index contributed by atoms with van der Waals surface area (Å²) >= 11 is 0. The van der Waals surface area contributed by atoms with Crippen LogP contribution in [0.2, 0.25) is 36.3 Å². The van der Waals surface area contributed by atoms with E-state index in [1.54, 1.807) is 24.7 Å². The van der Waals surface area contributed by atoms with E-state index >= 15 is 0 Å². The lowest BCUT2D eigenvalue weighted by Gasteiger charge is -2.40. The zero-order valence-corrected chi connectivity index (χ0v) is 30.4. The molecule has 4 rings (SSSR count). The fourth-order valence-corrected chi connectivity index (χ4v) is 6.60. The van der Waals surface area contributed by atoms with Crippen LogP contribution in [0, 0.1) is 16.0 Å². The second-order valence-corrected chi connectivity index (χ2v) is 24.5. The van der Waals surface area contributed by atoms with Crippen LogP contribution in [0.1, 0.15) is 68.0 Å². The fraction of sp³-hybridized carbons (Fsp3) is 0.714. The van der Waals surface area contributed by atoms with Gasteiger partial charge in [-0.3, -0.25) is 14.7 Å². The third kappa shape index (κ3) is 7.32. The monoisotopic (exact) mass is 661 g/mol. The topological polar surface area (TPSA) is 174 Å². The summed E-state index contributed by atoms with van der Waals surface area (Å²) in [6.07, 6.45) is 2.20. The summed E-state index contributed by atoms with van der Waals surface area (Å²) in [6, 6.07) is 0. The highest BCUT2D eigenvalue weighted by Crippen LogP contribution is 2.43. The van der Waals surface area contributed by atoms with E-state index in [1.165, 1.54) is 6.33 Å². The van der Waals surface area contributed by atoms with Gasteiger partial charge in [-0.25, -0.2) is 4.98 Å². The van der Waals surface area contributed by atoms with Crippen molar-refractivity contribution in [3.8, 4) is 5.82 Å². The maximum atomic E-state index is 12.6. The molecule has 1 N–H and O–H groups in total. The smallest absolute Gasteiger partial charge is 0.414 e. The van der Waals surface area contributed by atoms with E-state index in [4.69, 9.17) is 13.6 Å². The number of fused-ring (bicyclic) bond motifs is 1. The van der Waals surface area contributed by atoms with E-state index in [0.29, 0.717) is 24.2 Å². The van der Waals surface area contributed by atoms with Crippen LogP contribution in [-0.4, -0.2) is 80.6 Å². The molecule has 1 amide bonds. The summed E-state index contributed by atoms with van der Waals surface area (Å²) in [6.45, 7) is 26.0. The van der Waals surface area contributed by atoms with Crippen LogP contribution < -0.4 is 5.32 Å². The Morgan fingerprint density at radius 1 is 1.09 bits per heavy atom. The quantitative estimate of drug-likeness (QED) is 0.162. The van der Waals surface area contributed by atoms with E-state index in [1.807, 2.05) is 0 Å². The van der Waals surface area contributed by atoms with Crippen molar-refractivity contribution in [3.63, 3.8) is 0 Å². The lowest BCUT2D eigenvalue weighted by molar-refractivity contribution is -0.394. The van der Waals surface area contributed by atoms with Crippen LogP contribution in [0.3, 0.4) is 0 Å². The van der Waals surface area contributed by atoms with Crippen molar-refractivity contribution < 1.29 is 23.3 Å². The number of nitrogens with one attached hydrogen (secondary N) is 1. The molecule has 1 aliphatic heterocycles. The number of nitrogens with zero attached hydrogens (tertiary/aromatic N) is 8. The number of ether oxygens (including phenoxy) is 1. The van der Waals surface area contributed by atoms with Crippen molar-refractivity contribution in [3.05, 3.63) is 22.8 Å². The van der Waals surface area contributed by atoms with E-state index in [0.717, 1.165) is 4.68 Å². The van der Waals surface area contributed by atoms with Gasteiger partial charge in [0.05, 0.1) is 19.0 Å². The molecule has 0 saturated carbocycles. The fourth-order valence-electron chi connectivity index (χ4n) is 4.23. The van der Waals surface area contributed by atoms with Gasteiger partial charge in [-0.1, -0.05) is 60.4 Å².